The molecule has 0 bridgehead atoms. The van der Waals surface area contributed by atoms with Crippen molar-refractivity contribution in [3.8, 4) is 0 Å². The summed E-state index contributed by atoms with van der Waals surface area (Å²) in [5.74, 6) is 0.736. The largest absolute Gasteiger partial charge is 0.393 e. The number of rotatable bonds is 8. The predicted octanol–water partition coefficient (Wildman–Crippen LogP) is 1.60. The lowest BCUT2D eigenvalue weighted by Crippen LogP contribution is -2.23. The summed E-state index contributed by atoms with van der Waals surface area (Å²) < 4.78 is 0. The average Bonchev–Trinajstić information content (AvgIpc) is 2.12. The molecular formula is C12H25NO2. The number of aliphatic hydroxyl groups excluding tert-OH is 1. The Kier molecular flexibility index (Phi) is 7.61. The van der Waals surface area contributed by atoms with Gasteiger partial charge in [0, 0.05) is 5.92 Å². The van der Waals surface area contributed by atoms with Crippen molar-refractivity contribution in [2.75, 3.05) is 13.6 Å². The molecule has 0 radical (unpaired) electrons. The van der Waals surface area contributed by atoms with Crippen LogP contribution in [0.25, 0.3) is 0 Å². The van der Waals surface area contributed by atoms with Crippen LogP contribution in [0.1, 0.15) is 40.0 Å². The van der Waals surface area contributed by atoms with E-state index in [4.69, 9.17) is 0 Å². The first-order valence-corrected chi connectivity index (χ1v) is 5.80. The molecule has 0 aliphatic heterocycles. The minimum absolute atomic E-state index is 0.0249. The molecule has 0 saturated carbocycles. The lowest BCUT2D eigenvalue weighted by atomic mass is 9.88. The maximum atomic E-state index is 11.4. The Morgan fingerprint density at radius 3 is 2.33 bits per heavy atom. The van der Waals surface area contributed by atoms with Crippen molar-refractivity contribution in [1.29, 1.82) is 0 Å². The highest BCUT2D eigenvalue weighted by Crippen LogP contribution is 2.19. The molecule has 0 heterocycles. The zero-order valence-corrected chi connectivity index (χ0v) is 10.4. The molecule has 1 unspecified atom stereocenters. The minimum Gasteiger partial charge on any atom is -0.393 e. The van der Waals surface area contributed by atoms with Gasteiger partial charge < -0.3 is 10.4 Å². The molecule has 90 valence electrons. The van der Waals surface area contributed by atoms with E-state index in [1.165, 1.54) is 0 Å². The molecule has 0 rings (SSSR count). The molecule has 0 aliphatic rings. The summed E-state index contributed by atoms with van der Waals surface area (Å²) >= 11 is 0. The van der Waals surface area contributed by atoms with Crippen LogP contribution in [-0.2, 0) is 4.79 Å². The molecule has 0 aliphatic carbocycles. The first-order valence-electron chi connectivity index (χ1n) is 5.80. The lowest BCUT2D eigenvalue weighted by Gasteiger charge is -2.19. The number of hydrogen-bond donors (Lipinski definition) is 2. The van der Waals surface area contributed by atoms with Crippen LogP contribution < -0.4 is 5.32 Å². The normalized spacial score (nSPS) is 15.3. The fourth-order valence-corrected chi connectivity index (χ4v) is 1.75. The summed E-state index contributed by atoms with van der Waals surface area (Å²) in [6.45, 7) is 6.64. The van der Waals surface area contributed by atoms with Crippen LogP contribution in [0.4, 0.5) is 0 Å². The van der Waals surface area contributed by atoms with Crippen molar-refractivity contribution in [3.05, 3.63) is 0 Å². The number of hydrogen-bond acceptors (Lipinski definition) is 3. The van der Waals surface area contributed by atoms with E-state index in [1.807, 2.05) is 7.05 Å². The zero-order chi connectivity index (χ0) is 11.8. The van der Waals surface area contributed by atoms with Crippen molar-refractivity contribution < 1.29 is 9.90 Å². The molecule has 3 nitrogen and oxygen atoms in total. The number of nitrogens with one attached hydrogen (secondary N) is 1. The van der Waals surface area contributed by atoms with E-state index in [-0.39, 0.29) is 17.8 Å². The number of carbonyl (C=O) groups excluding carboxylic acids is 1. The van der Waals surface area contributed by atoms with Crippen molar-refractivity contribution in [2.24, 2.45) is 11.8 Å². The second-order valence-electron chi connectivity index (χ2n) is 4.72. The molecule has 0 aromatic carbocycles. The maximum Gasteiger partial charge on any atom is 0.133 e. The zero-order valence-electron chi connectivity index (χ0n) is 10.4. The van der Waals surface area contributed by atoms with Gasteiger partial charge in [-0.3, -0.25) is 4.79 Å². The van der Waals surface area contributed by atoms with E-state index in [2.05, 4.69) is 19.2 Å². The summed E-state index contributed by atoms with van der Waals surface area (Å²) in [7, 11) is 1.86. The molecule has 2 atom stereocenters. The van der Waals surface area contributed by atoms with E-state index >= 15 is 0 Å². The van der Waals surface area contributed by atoms with Gasteiger partial charge in [0.25, 0.3) is 0 Å². The molecule has 0 aromatic rings. The highest BCUT2D eigenvalue weighted by molar-refractivity contribution is 5.78. The number of ketones is 1. The lowest BCUT2D eigenvalue weighted by molar-refractivity contribution is -0.122. The average molecular weight is 215 g/mol. The Balaban J connectivity index is 3.98. The Hall–Kier alpha value is -0.410. The topological polar surface area (TPSA) is 49.3 Å². The third kappa shape index (κ3) is 7.51. The van der Waals surface area contributed by atoms with Crippen LogP contribution in [0.5, 0.6) is 0 Å². The molecule has 0 spiro atoms. The summed E-state index contributed by atoms with van der Waals surface area (Å²) in [5, 5.41) is 12.7. The highest BCUT2D eigenvalue weighted by atomic mass is 16.3. The van der Waals surface area contributed by atoms with Crippen LogP contribution in [0.3, 0.4) is 0 Å². The van der Waals surface area contributed by atoms with Crippen molar-refractivity contribution >= 4 is 5.78 Å². The Morgan fingerprint density at radius 1 is 1.33 bits per heavy atom. The number of carbonyl (C=O) groups is 1. The second kappa shape index (κ2) is 7.83. The fourth-order valence-electron chi connectivity index (χ4n) is 1.75. The van der Waals surface area contributed by atoms with Crippen molar-refractivity contribution in [3.63, 3.8) is 0 Å². The minimum atomic E-state index is -0.356. The quantitative estimate of drug-likeness (QED) is 0.646. The molecule has 0 amide bonds. The standard InChI is InChI=1S/C12H25NO2/c1-9(2)7-11(10(3)14)8-12(15)5-6-13-4/h9,11-13,15H,5-8H2,1-4H3/t11?,12-/m0/s1. The van der Waals surface area contributed by atoms with Gasteiger partial charge in [0.1, 0.15) is 5.78 Å². The third-order valence-electron chi connectivity index (χ3n) is 2.61. The molecular weight excluding hydrogens is 190 g/mol. The summed E-state index contributed by atoms with van der Waals surface area (Å²) in [5.41, 5.74) is 0. The van der Waals surface area contributed by atoms with Gasteiger partial charge in [-0.25, -0.2) is 0 Å². The molecule has 0 fully saturated rings. The fraction of sp³-hybridized carbons (Fsp3) is 0.917. The first-order chi connectivity index (χ1) is 6.97. The van der Waals surface area contributed by atoms with Gasteiger partial charge in [0.15, 0.2) is 0 Å². The third-order valence-corrected chi connectivity index (χ3v) is 2.61. The van der Waals surface area contributed by atoms with Gasteiger partial charge in [0.05, 0.1) is 6.10 Å². The van der Waals surface area contributed by atoms with Gasteiger partial charge in [-0.15, -0.1) is 0 Å². The van der Waals surface area contributed by atoms with Crippen LogP contribution >= 0.6 is 0 Å². The summed E-state index contributed by atoms with van der Waals surface area (Å²) in [4.78, 5) is 11.4. The van der Waals surface area contributed by atoms with E-state index in [0.29, 0.717) is 12.3 Å². The van der Waals surface area contributed by atoms with Gasteiger partial charge in [-0.2, -0.15) is 0 Å². The Labute approximate surface area is 93.3 Å². The van der Waals surface area contributed by atoms with E-state index in [1.54, 1.807) is 6.92 Å². The maximum absolute atomic E-state index is 11.4. The number of aliphatic hydroxyl groups is 1. The Morgan fingerprint density at radius 2 is 1.93 bits per heavy atom. The highest BCUT2D eigenvalue weighted by Gasteiger charge is 2.19. The van der Waals surface area contributed by atoms with E-state index in [0.717, 1.165) is 19.4 Å². The van der Waals surface area contributed by atoms with E-state index < -0.39 is 0 Å². The van der Waals surface area contributed by atoms with Gasteiger partial charge >= 0.3 is 0 Å². The molecule has 0 saturated heterocycles. The van der Waals surface area contributed by atoms with Gasteiger partial charge in [-0.1, -0.05) is 13.8 Å². The number of Topliss-reactive ketones (excluding diaryl/α,β-unsaturated/α-hetero) is 1. The summed E-state index contributed by atoms with van der Waals surface area (Å²) in [6, 6.07) is 0. The Bertz CT molecular complexity index is 180. The molecule has 2 N–H and O–H groups in total. The van der Waals surface area contributed by atoms with Crippen molar-refractivity contribution in [2.45, 2.75) is 46.1 Å². The van der Waals surface area contributed by atoms with Gasteiger partial charge in [-0.05, 0) is 45.7 Å². The van der Waals surface area contributed by atoms with Crippen LogP contribution in [-0.4, -0.2) is 30.6 Å². The molecule has 15 heavy (non-hydrogen) atoms. The smallest absolute Gasteiger partial charge is 0.133 e. The molecule has 0 aromatic heterocycles. The van der Waals surface area contributed by atoms with Crippen molar-refractivity contribution in [1.82, 2.24) is 5.32 Å². The molecule has 3 heteroatoms. The SMILES string of the molecule is CNCC[C@H](O)CC(CC(C)C)C(C)=O. The van der Waals surface area contributed by atoms with Crippen LogP contribution in [0.15, 0.2) is 0 Å². The van der Waals surface area contributed by atoms with Crippen LogP contribution in [0.2, 0.25) is 0 Å². The monoisotopic (exact) mass is 215 g/mol. The van der Waals surface area contributed by atoms with Gasteiger partial charge in [0.2, 0.25) is 0 Å². The summed E-state index contributed by atoms with van der Waals surface area (Å²) in [6.07, 6.45) is 1.85. The predicted molar refractivity (Wildman–Crippen MR) is 62.8 cm³/mol. The van der Waals surface area contributed by atoms with E-state index in [9.17, 15) is 9.90 Å². The first kappa shape index (κ1) is 14.6. The van der Waals surface area contributed by atoms with Crippen LogP contribution in [0, 0.1) is 11.8 Å². The second-order valence-corrected chi connectivity index (χ2v) is 4.72.